The zero-order chi connectivity index (χ0) is 21.7. The highest BCUT2D eigenvalue weighted by molar-refractivity contribution is 6.36. The summed E-state index contributed by atoms with van der Waals surface area (Å²) in [5.74, 6) is 0.798. The lowest BCUT2D eigenvalue weighted by molar-refractivity contribution is 0.0456. The van der Waals surface area contributed by atoms with Crippen LogP contribution in [0.3, 0.4) is 0 Å². The van der Waals surface area contributed by atoms with E-state index >= 15 is 0 Å². The van der Waals surface area contributed by atoms with Crippen molar-refractivity contribution in [1.29, 1.82) is 5.26 Å². The summed E-state index contributed by atoms with van der Waals surface area (Å²) in [6.45, 7) is 1.76. The highest BCUT2D eigenvalue weighted by atomic mass is 35.5. The van der Waals surface area contributed by atoms with Gasteiger partial charge in [0.2, 0.25) is 0 Å². The Morgan fingerprint density at radius 3 is 2.58 bits per heavy atom. The van der Waals surface area contributed by atoms with Gasteiger partial charge in [-0.1, -0.05) is 42.5 Å². The second-order valence-corrected chi connectivity index (χ2v) is 9.21. The van der Waals surface area contributed by atoms with Crippen LogP contribution < -0.4 is 10.6 Å². The number of hydrogen-bond donors (Lipinski definition) is 2. The van der Waals surface area contributed by atoms with Crippen LogP contribution in [0.2, 0.25) is 10.2 Å². The maximum absolute atomic E-state index is 9.68. The molecular weight excluding hydrogens is 433 g/mol. The zero-order valence-corrected chi connectivity index (χ0v) is 19.0. The molecule has 1 aliphatic carbocycles. The average Bonchev–Trinajstić information content (AvgIpc) is 2.81. The van der Waals surface area contributed by atoms with Gasteiger partial charge >= 0.3 is 0 Å². The van der Waals surface area contributed by atoms with Gasteiger partial charge < -0.3 is 15.4 Å². The van der Waals surface area contributed by atoms with Crippen LogP contribution in [0.5, 0.6) is 0 Å². The van der Waals surface area contributed by atoms with Crippen LogP contribution in [-0.4, -0.2) is 35.8 Å². The zero-order valence-electron chi connectivity index (χ0n) is 17.5. The summed E-state index contributed by atoms with van der Waals surface area (Å²) in [5.41, 5.74) is 1.90. The number of halogens is 2. The molecule has 1 aliphatic heterocycles. The number of nitrogens with one attached hydrogen (secondary N) is 2. The molecule has 0 aromatic carbocycles. The van der Waals surface area contributed by atoms with Gasteiger partial charge in [-0.05, 0) is 37.8 Å². The summed E-state index contributed by atoms with van der Waals surface area (Å²) in [4.78, 5) is 8.81. The predicted octanol–water partition coefficient (Wildman–Crippen LogP) is 5.93. The van der Waals surface area contributed by atoms with Gasteiger partial charge in [-0.25, -0.2) is 9.97 Å². The molecule has 0 atom stereocenters. The summed E-state index contributed by atoms with van der Waals surface area (Å²) < 4.78 is 5.41. The summed E-state index contributed by atoms with van der Waals surface area (Å²) in [7, 11) is 0. The molecule has 1 saturated heterocycles. The monoisotopic (exact) mass is 459 g/mol. The van der Waals surface area contributed by atoms with Gasteiger partial charge in [-0.3, -0.25) is 0 Å². The van der Waals surface area contributed by atoms with Gasteiger partial charge in [0.1, 0.15) is 11.0 Å². The molecule has 0 bridgehead atoms. The molecule has 8 heteroatoms. The molecule has 164 valence electrons. The molecule has 3 heterocycles. The van der Waals surface area contributed by atoms with E-state index in [4.69, 9.17) is 27.9 Å². The lowest BCUT2D eigenvalue weighted by Gasteiger charge is -2.31. The Kier molecular flexibility index (Phi) is 7.16. The van der Waals surface area contributed by atoms with E-state index in [2.05, 4.69) is 26.7 Å². The van der Waals surface area contributed by atoms with Crippen molar-refractivity contribution in [2.75, 3.05) is 30.4 Å². The Morgan fingerprint density at radius 2 is 1.84 bits per heavy atom. The van der Waals surface area contributed by atoms with E-state index in [1.54, 1.807) is 12.4 Å². The Morgan fingerprint density at radius 1 is 1.06 bits per heavy atom. The molecule has 0 radical (unpaired) electrons. The summed E-state index contributed by atoms with van der Waals surface area (Å²) in [6.07, 6.45) is 10.9. The minimum Gasteiger partial charge on any atom is -0.382 e. The Bertz CT molecular complexity index is 949. The van der Waals surface area contributed by atoms with Crippen molar-refractivity contribution in [3.05, 3.63) is 34.7 Å². The fourth-order valence-electron chi connectivity index (χ4n) is 4.28. The highest BCUT2D eigenvalue weighted by Gasteiger charge is 2.32. The number of pyridine rings is 2. The van der Waals surface area contributed by atoms with Crippen LogP contribution in [0, 0.1) is 16.7 Å². The number of rotatable bonds is 6. The molecule has 2 aliphatic rings. The quantitative estimate of drug-likeness (QED) is 0.520. The van der Waals surface area contributed by atoms with Gasteiger partial charge in [-0.15, -0.1) is 0 Å². The molecule has 1 saturated carbocycles. The predicted molar refractivity (Wildman–Crippen MR) is 125 cm³/mol. The first-order valence-electron chi connectivity index (χ1n) is 10.9. The molecule has 2 aromatic heterocycles. The maximum atomic E-state index is 9.68. The van der Waals surface area contributed by atoms with Crippen molar-refractivity contribution in [1.82, 2.24) is 9.97 Å². The number of hydrogen-bond acceptors (Lipinski definition) is 6. The number of nitriles is 1. The van der Waals surface area contributed by atoms with E-state index < -0.39 is 5.41 Å². The van der Waals surface area contributed by atoms with Crippen molar-refractivity contribution >= 4 is 34.7 Å². The van der Waals surface area contributed by atoms with Gasteiger partial charge in [-0.2, -0.15) is 5.26 Å². The third-order valence-corrected chi connectivity index (χ3v) is 6.86. The smallest absolute Gasteiger partial charge is 0.137 e. The van der Waals surface area contributed by atoms with Crippen molar-refractivity contribution in [3.63, 3.8) is 0 Å². The minimum atomic E-state index is -0.427. The number of anilines is 2. The number of aromatic nitrogens is 2. The topological polar surface area (TPSA) is 82.9 Å². The van der Waals surface area contributed by atoms with E-state index in [9.17, 15) is 5.26 Å². The van der Waals surface area contributed by atoms with Gasteiger partial charge in [0, 0.05) is 43.1 Å². The van der Waals surface area contributed by atoms with Crippen LogP contribution >= 0.6 is 23.2 Å². The molecule has 2 fully saturated rings. The molecule has 0 spiro atoms. The normalized spacial score (nSPS) is 18.9. The molecule has 6 nitrogen and oxygen atoms in total. The fourth-order valence-corrected chi connectivity index (χ4v) is 4.69. The number of nitrogens with zero attached hydrogens (tertiary/aromatic N) is 3. The minimum absolute atomic E-state index is 0.378. The average molecular weight is 460 g/mol. The molecule has 31 heavy (non-hydrogen) atoms. The van der Waals surface area contributed by atoms with E-state index in [0.29, 0.717) is 36.0 Å². The molecule has 2 N–H and O–H groups in total. The standard InChI is InChI=1S/C23H27Cl2N5O/c24-20-13-27-21(30-16-4-2-1-3-5-16)11-18(20)19-10-17(12-28-22(19)25)29-15-23(14-26)6-8-31-9-7-23/h10-13,16,29H,1-9,15H2,(H,27,30). The van der Waals surface area contributed by atoms with E-state index in [0.717, 1.165) is 48.3 Å². The van der Waals surface area contributed by atoms with Crippen LogP contribution in [0.4, 0.5) is 11.5 Å². The van der Waals surface area contributed by atoms with Crippen molar-refractivity contribution in [3.8, 4) is 17.2 Å². The number of ether oxygens (including phenoxy) is 1. The SMILES string of the molecule is N#CC1(CNc2cnc(Cl)c(-c3cc(NC4CCCCC4)ncc3Cl)c2)CCOCC1. The highest BCUT2D eigenvalue weighted by Crippen LogP contribution is 2.36. The first-order valence-corrected chi connectivity index (χ1v) is 11.6. The van der Waals surface area contributed by atoms with E-state index in [-0.39, 0.29) is 0 Å². The Balaban J connectivity index is 1.53. The van der Waals surface area contributed by atoms with Gasteiger partial charge in [0.25, 0.3) is 0 Å². The lowest BCUT2D eigenvalue weighted by Crippen LogP contribution is -2.34. The third kappa shape index (κ3) is 5.41. The van der Waals surface area contributed by atoms with Crippen LogP contribution in [0.15, 0.2) is 24.5 Å². The second kappa shape index (κ2) is 10.0. The van der Waals surface area contributed by atoms with Crippen LogP contribution in [0.25, 0.3) is 11.1 Å². The van der Waals surface area contributed by atoms with Crippen molar-refractivity contribution in [2.24, 2.45) is 5.41 Å². The van der Waals surface area contributed by atoms with E-state index in [1.807, 2.05) is 12.1 Å². The second-order valence-electron chi connectivity index (χ2n) is 8.45. The summed E-state index contributed by atoms with van der Waals surface area (Å²) in [5, 5.41) is 17.5. The molecule has 4 rings (SSSR count). The van der Waals surface area contributed by atoms with Gasteiger partial charge in [0.15, 0.2) is 0 Å². The van der Waals surface area contributed by atoms with Crippen molar-refractivity contribution in [2.45, 2.75) is 51.0 Å². The molecule has 0 amide bonds. The maximum Gasteiger partial charge on any atom is 0.137 e. The van der Waals surface area contributed by atoms with Crippen LogP contribution in [-0.2, 0) is 4.74 Å². The van der Waals surface area contributed by atoms with Crippen molar-refractivity contribution < 1.29 is 4.74 Å². The largest absolute Gasteiger partial charge is 0.382 e. The molecular formula is C23H27Cl2N5O. The Labute approximate surface area is 193 Å². The summed E-state index contributed by atoms with van der Waals surface area (Å²) in [6, 6.07) is 6.80. The lowest BCUT2D eigenvalue weighted by atomic mass is 9.81. The molecule has 0 unspecified atom stereocenters. The molecule has 2 aromatic rings. The fraction of sp³-hybridized carbons (Fsp3) is 0.522. The Hall–Kier alpha value is -2.07. The summed E-state index contributed by atoms with van der Waals surface area (Å²) >= 11 is 12.9. The first kappa shape index (κ1) is 22.1. The first-order chi connectivity index (χ1) is 15.1. The third-order valence-electron chi connectivity index (χ3n) is 6.26. The van der Waals surface area contributed by atoms with E-state index in [1.165, 1.54) is 19.3 Å². The van der Waals surface area contributed by atoms with Gasteiger partial charge in [0.05, 0.1) is 28.4 Å². The van der Waals surface area contributed by atoms with Crippen LogP contribution in [0.1, 0.15) is 44.9 Å².